The Bertz CT molecular complexity index is 654. The van der Waals surface area contributed by atoms with E-state index in [1.807, 2.05) is 13.8 Å². The molecule has 0 bridgehead atoms. The Morgan fingerprint density at radius 1 is 1.29 bits per heavy atom. The Hall–Kier alpha value is -1.11. The molecule has 1 aromatic carbocycles. The predicted molar refractivity (Wildman–Crippen MR) is 98.3 cm³/mol. The van der Waals surface area contributed by atoms with E-state index in [1.165, 1.54) is 6.07 Å². The zero-order valence-corrected chi connectivity index (χ0v) is 15.9. The third-order valence-electron chi connectivity index (χ3n) is 4.50. The highest BCUT2D eigenvalue weighted by molar-refractivity contribution is 7.91. The number of carbonyl (C=O) groups is 1. The van der Waals surface area contributed by atoms with Crippen LogP contribution in [-0.2, 0) is 9.84 Å². The van der Waals surface area contributed by atoms with Crippen molar-refractivity contribution in [2.24, 2.45) is 11.7 Å². The Labute approximate surface area is 150 Å². The summed E-state index contributed by atoms with van der Waals surface area (Å²) in [5, 5.41) is 0. The van der Waals surface area contributed by atoms with Crippen molar-refractivity contribution < 1.29 is 13.2 Å². The molecule has 5 nitrogen and oxygen atoms in total. The molecule has 1 heterocycles. The summed E-state index contributed by atoms with van der Waals surface area (Å²) in [6.07, 6.45) is 2.27. The first-order valence-corrected chi connectivity index (χ1v) is 9.88. The molecule has 2 N–H and O–H groups in total. The van der Waals surface area contributed by atoms with E-state index in [-0.39, 0.29) is 35.0 Å². The number of piperidine rings is 1. The Morgan fingerprint density at radius 3 is 2.42 bits per heavy atom. The summed E-state index contributed by atoms with van der Waals surface area (Å²) < 4.78 is 24.8. The number of halogens is 1. The van der Waals surface area contributed by atoms with Crippen molar-refractivity contribution in [2.75, 3.05) is 18.8 Å². The molecule has 0 aromatic heterocycles. The second kappa shape index (κ2) is 8.83. The van der Waals surface area contributed by atoms with E-state index in [0.717, 1.165) is 12.8 Å². The third-order valence-corrected chi connectivity index (χ3v) is 6.47. The highest BCUT2D eigenvalue weighted by Gasteiger charge is 2.28. The first-order chi connectivity index (χ1) is 10.9. The molecule has 1 saturated heterocycles. The third kappa shape index (κ3) is 4.71. The normalized spacial score (nSPS) is 17.2. The van der Waals surface area contributed by atoms with Gasteiger partial charge in [0, 0.05) is 19.1 Å². The molecule has 24 heavy (non-hydrogen) atoms. The lowest BCUT2D eigenvalue weighted by atomic mass is 9.90. The number of nitrogens with zero attached hydrogens (tertiary/aromatic N) is 1. The topological polar surface area (TPSA) is 80.5 Å². The SMILES string of the molecule is CCCS(=O)(=O)c1ccccc1C(=O)N1CCC(C(C)N)CC1.Cl. The zero-order chi connectivity index (χ0) is 17.0. The molecular formula is C17H27ClN2O3S. The van der Waals surface area contributed by atoms with Crippen LogP contribution in [0.4, 0.5) is 0 Å². The van der Waals surface area contributed by atoms with Gasteiger partial charge in [0.25, 0.3) is 5.91 Å². The minimum atomic E-state index is -3.42. The van der Waals surface area contributed by atoms with Gasteiger partial charge in [-0.05, 0) is 44.2 Å². The van der Waals surface area contributed by atoms with Gasteiger partial charge in [-0.2, -0.15) is 0 Å². The minimum absolute atomic E-state index is 0. The number of carbonyl (C=O) groups excluding carboxylic acids is 1. The molecule has 7 heteroatoms. The monoisotopic (exact) mass is 374 g/mol. The van der Waals surface area contributed by atoms with Crippen molar-refractivity contribution in [2.45, 2.75) is 44.0 Å². The van der Waals surface area contributed by atoms with Crippen LogP contribution in [-0.4, -0.2) is 44.1 Å². The van der Waals surface area contributed by atoms with Gasteiger partial charge in [-0.3, -0.25) is 4.79 Å². The molecule has 0 radical (unpaired) electrons. The van der Waals surface area contributed by atoms with Gasteiger partial charge in [-0.25, -0.2) is 8.42 Å². The van der Waals surface area contributed by atoms with Crippen LogP contribution in [0, 0.1) is 5.92 Å². The van der Waals surface area contributed by atoms with Crippen molar-refractivity contribution in [3.63, 3.8) is 0 Å². The number of hydrogen-bond acceptors (Lipinski definition) is 4. The van der Waals surface area contributed by atoms with Crippen LogP contribution in [0.15, 0.2) is 29.2 Å². The van der Waals surface area contributed by atoms with Crippen LogP contribution in [0.1, 0.15) is 43.5 Å². The maximum atomic E-state index is 12.8. The van der Waals surface area contributed by atoms with Crippen LogP contribution >= 0.6 is 12.4 Å². The van der Waals surface area contributed by atoms with E-state index in [0.29, 0.717) is 31.0 Å². The van der Waals surface area contributed by atoms with Crippen molar-refractivity contribution >= 4 is 28.2 Å². The van der Waals surface area contributed by atoms with Crippen molar-refractivity contribution in [3.8, 4) is 0 Å². The van der Waals surface area contributed by atoms with Crippen LogP contribution in [0.5, 0.6) is 0 Å². The Morgan fingerprint density at radius 2 is 1.88 bits per heavy atom. The van der Waals surface area contributed by atoms with Crippen molar-refractivity contribution in [1.29, 1.82) is 0 Å². The molecule has 1 fully saturated rings. The second-order valence-electron chi connectivity index (χ2n) is 6.30. The van der Waals surface area contributed by atoms with Gasteiger partial charge >= 0.3 is 0 Å². The van der Waals surface area contributed by atoms with Crippen LogP contribution < -0.4 is 5.73 Å². The minimum Gasteiger partial charge on any atom is -0.339 e. The predicted octanol–water partition coefficient (Wildman–Crippen LogP) is 2.49. The molecule has 0 saturated carbocycles. The van der Waals surface area contributed by atoms with Gasteiger partial charge in [-0.15, -0.1) is 12.4 Å². The van der Waals surface area contributed by atoms with Crippen molar-refractivity contribution in [1.82, 2.24) is 4.90 Å². The molecule has 1 aliphatic heterocycles. The molecule has 1 aliphatic rings. The van der Waals surface area contributed by atoms with E-state index in [9.17, 15) is 13.2 Å². The van der Waals surface area contributed by atoms with E-state index < -0.39 is 9.84 Å². The quantitative estimate of drug-likeness (QED) is 0.858. The van der Waals surface area contributed by atoms with E-state index >= 15 is 0 Å². The first kappa shape index (κ1) is 20.9. The average molecular weight is 375 g/mol. The molecule has 1 amide bonds. The molecule has 1 unspecified atom stereocenters. The average Bonchev–Trinajstić information content (AvgIpc) is 2.54. The van der Waals surface area contributed by atoms with E-state index in [2.05, 4.69) is 0 Å². The molecule has 1 atom stereocenters. The molecule has 0 spiro atoms. The number of likely N-dealkylation sites (tertiary alicyclic amines) is 1. The fourth-order valence-corrected chi connectivity index (χ4v) is 4.63. The molecule has 0 aliphatic carbocycles. The lowest BCUT2D eigenvalue weighted by Gasteiger charge is -2.34. The highest BCUT2D eigenvalue weighted by atomic mass is 35.5. The lowest BCUT2D eigenvalue weighted by Crippen LogP contribution is -2.42. The Kier molecular flexibility index (Phi) is 7.70. The summed E-state index contributed by atoms with van der Waals surface area (Å²) in [5.41, 5.74) is 6.22. The molecular weight excluding hydrogens is 348 g/mol. The highest BCUT2D eigenvalue weighted by Crippen LogP contribution is 2.24. The first-order valence-electron chi connectivity index (χ1n) is 8.23. The number of nitrogens with two attached hydrogens (primary N) is 1. The maximum absolute atomic E-state index is 12.8. The number of amides is 1. The second-order valence-corrected chi connectivity index (χ2v) is 8.38. The summed E-state index contributed by atoms with van der Waals surface area (Å²) in [5.74, 6) is 0.297. The number of rotatable bonds is 5. The van der Waals surface area contributed by atoms with E-state index in [1.54, 1.807) is 23.1 Å². The molecule has 1 aromatic rings. The van der Waals surface area contributed by atoms with E-state index in [4.69, 9.17) is 5.73 Å². The fourth-order valence-electron chi connectivity index (χ4n) is 3.09. The van der Waals surface area contributed by atoms with Crippen LogP contribution in [0.3, 0.4) is 0 Å². The van der Waals surface area contributed by atoms with Gasteiger partial charge in [0.2, 0.25) is 0 Å². The standard InChI is InChI=1S/C17H26N2O3S.ClH/c1-3-12-23(21,22)16-7-5-4-6-15(16)17(20)19-10-8-14(9-11-19)13(2)18;/h4-7,13-14H,3,8-12,18H2,1-2H3;1H. The van der Waals surface area contributed by atoms with Crippen molar-refractivity contribution in [3.05, 3.63) is 29.8 Å². The zero-order valence-electron chi connectivity index (χ0n) is 14.3. The maximum Gasteiger partial charge on any atom is 0.255 e. The lowest BCUT2D eigenvalue weighted by molar-refractivity contribution is 0.0677. The largest absolute Gasteiger partial charge is 0.339 e. The number of hydrogen-bond donors (Lipinski definition) is 1. The summed E-state index contributed by atoms with van der Waals surface area (Å²) in [7, 11) is -3.42. The molecule has 2 rings (SSSR count). The number of benzene rings is 1. The van der Waals surface area contributed by atoms with Gasteiger partial charge in [0.05, 0.1) is 16.2 Å². The summed E-state index contributed by atoms with van der Waals surface area (Å²) in [6.45, 7) is 5.08. The summed E-state index contributed by atoms with van der Waals surface area (Å²) >= 11 is 0. The van der Waals surface area contributed by atoms with Crippen LogP contribution in [0.25, 0.3) is 0 Å². The van der Waals surface area contributed by atoms with Gasteiger partial charge in [0.1, 0.15) is 0 Å². The number of sulfone groups is 1. The molecule has 136 valence electrons. The summed E-state index contributed by atoms with van der Waals surface area (Å²) in [6, 6.07) is 6.66. The fraction of sp³-hybridized carbons (Fsp3) is 0.588. The smallest absolute Gasteiger partial charge is 0.255 e. The van der Waals surface area contributed by atoms with Gasteiger partial charge in [0.15, 0.2) is 9.84 Å². The Balaban J connectivity index is 0.00000288. The summed E-state index contributed by atoms with van der Waals surface area (Å²) in [4.78, 5) is 14.7. The van der Waals surface area contributed by atoms with Gasteiger partial charge in [-0.1, -0.05) is 19.1 Å². The van der Waals surface area contributed by atoms with Gasteiger partial charge < -0.3 is 10.6 Å². The van der Waals surface area contributed by atoms with Crippen LogP contribution in [0.2, 0.25) is 0 Å².